The molecule has 6 nitrogen and oxygen atoms in total. The highest BCUT2D eigenvalue weighted by molar-refractivity contribution is 6.04. The highest BCUT2D eigenvalue weighted by atomic mass is 16.5. The predicted octanol–water partition coefficient (Wildman–Crippen LogP) is 2.09. The van der Waals surface area contributed by atoms with E-state index in [0.717, 1.165) is 10.9 Å². The molecular weight excluding hydrogens is 258 g/mol. The number of fused-ring (bicyclic) bond motifs is 1. The first-order valence-corrected chi connectivity index (χ1v) is 6.10. The number of aromatic nitrogens is 2. The van der Waals surface area contributed by atoms with Gasteiger partial charge in [-0.3, -0.25) is 9.89 Å². The summed E-state index contributed by atoms with van der Waals surface area (Å²) in [6, 6.07) is 8.97. The van der Waals surface area contributed by atoms with Gasteiger partial charge in [-0.2, -0.15) is 5.10 Å². The van der Waals surface area contributed by atoms with Gasteiger partial charge in [0.25, 0.3) is 5.91 Å². The second kappa shape index (κ2) is 5.08. The van der Waals surface area contributed by atoms with E-state index in [2.05, 4.69) is 15.5 Å². The summed E-state index contributed by atoms with van der Waals surface area (Å²) in [6.07, 6.45) is 1.57. The maximum atomic E-state index is 12.1. The van der Waals surface area contributed by atoms with Gasteiger partial charge in [0.05, 0.1) is 25.4 Å². The van der Waals surface area contributed by atoms with Crippen LogP contribution in [-0.4, -0.2) is 23.2 Å². The van der Waals surface area contributed by atoms with E-state index in [1.54, 1.807) is 43.7 Å². The molecule has 3 rings (SSSR count). The summed E-state index contributed by atoms with van der Waals surface area (Å²) in [6.45, 7) is 0.330. The van der Waals surface area contributed by atoms with Crippen molar-refractivity contribution in [3.63, 3.8) is 0 Å². The van der Waals surface area contributed by atoms with Crippen molar-refractivity contribution in [3.05, 3.63) is 48.0 Å². The summed E-state index contributed by atoms with van der Waals surface area (Å²) < 4.78 is 10.3. The average molecular weight is 271 g/mol. The normalized spacial score (nSPS) is 10.7. The molecule has 2 N–H and O–H groups in total. The Labute approximate surface area is 114 Å². The highest BCUT2D eigenvalue weighted by Crippen LogP contribution is 2.21. The second-order valence-corrected chi connectivity index (χ2v) is 4.25. The number of methoxy groups -OCH3 is 1. The Morgan fingerprint density at radius 1 is 1.45 bits per heavy atom. The van der Waals surface area contributed by atoms with Crippen molar-refractivity contribution in [1.82, 2.24) is 15.5 Å². The molecular formula is C14H13N3O3. The molecule has 1 amide bonds. The monoisotopic (exact) mass is 271 g/mol. The number of nitrogens with one attached hydrogen (secondary N) is 2. The maximum absolute atomic E-state index is 12.1. The largest absolute Gasteiger partial charge is 0.497 e. The molecule has 2 heterocycles. The van der Waals surface area contributed by atoms with Crippen LogP contribution < -0.4 is 10.1 Å². The van der Waals surface area contributed by atoms with Gasteiger partial charge in [0.15, 0.2) is 5.69 Å². The lowest BCUT2D eigenvalue weighted by Gasteiger charge is -2.01. The molecule has 0 aliphatic carbocycles. The molecule has 0 unspecified atom stereocenters. The number of H-pyrrole nitrogens is 1. The number of hydrogen-bond acceptors (Lipinski definition) is 4. The highest BCUT2D eigenvalue weighted by Gasteiger charge is 2.14. The molecule has 0 fully saturated rings. The molecule has 102 valence electrons. The molecule has 0 radical (unpaired) electrons. The zero-order valence-corrected chi connectivity index (χ0v) is 10.8. The zero-order valence-electron chi connectivity index (χ0n) is 10.8. The molecule has 0 aliphatic rings. The van der Waals surface area contributed by atoms with Crippen molar-refractivity contribution in [1.29, 1.82) is 0 Å². The fraction of sp³-hybridized carbons (Fsp3) is 0.143. The number of ether oxygens (including phenoxy) is 1. The number of amides is 1. The van der Waals surface area contributed by atoms with E-state index in [-0.39, 0.29) is 5.91 Å². The first-order chi connectivity index (χ1) is 9.78. The Bertz CT molecular complexity index is 731. The standard InChI is InChI=1S/C14H13N3O3/c1-19-9-4-5-11-12(7-9)16-17-13(11)14(18)15-8-10-3-2-6-20-10/h2-7H,8H2,1H3,(H,15,18)(H,16,17). The van der Waals surface area contributed by atoms with Gasteiger partial charge >= 0.3 is 0 Å². The number of carbonyl (C=O) groups excluding carboxylic acids is 1. The lowest BCUT2D eigenvalue weighted by Crippen LogP contribution is -2.23. The maximum Gasteiger partial charge on any atom is 0.272 e. The van der Waals surface area contributed by atoms with E-state index in [0.29, 0.717) is 23.7 Å². The molecule has 1 aromatic carbocycles. The summed E-state index contributed by atoms with van der Waals surface area (Å²) in [4.78, 5) is 12.1. The van der Waals surface area contributed by atoms with Crippen LogP contribution >= 0.6 is 0 Å². The van der Waals surface area contributed by atoms with Gasteiger partial charge in [0.1, 0.15) is 11.5 Å². The van der Waals surface area contributed by atoms with Crippen molar-refractivity contribution in [2.45, 2.75) is 6.54 Å². The van der Waals surface area contributed by atoms with Crippen molar-refractivity contribution in [2.75, 3.05) is 7.11 Å². The number of benzene rings is 1. The molecule has 3 aromatic rings. The molecule has 0 saturated carbocycles. The van der Waals surface area contributed by atoms with Crippen LogP contribution in [0.4, 0.5) is 0 Å². The van der Waals surface area contributed by atoms with Crippen molar-refractivity contribution < 1.29 is 13.9 Å². The third kappa shape index (κ3) is 2.23. The second-order valence-electron chi connectivity index (χ2n) is 4.25. The quantitative estimate of drug-likeness (QED) is 0.761. The molecule has 0 aliphatic heterocycles. The lowest BCUT2D eigenvalue weighted by molar-refractivity contribution is 0.0944. The van der Waals surface area contributed by atoms with Gasteiger partial charge in [-0.15, -0.1) is 0 Å². The number of furan rings is 1. The Balaban J connectivity index is 1.81. The van der Waals surface area contributed by atoms with Crippen LogP contribution in [0.1, 0.15) is 16.2 Å². The number of hydrogen-bond donors (Lipinski definition) is 2. The van der Waals surface area contributed by atoms with Crippen LogP contribution in [0.5, 0.6) is 5.75 Å². The smallest absolute Gasteiger partial charge is 0.272 e. The van der Waals surface area contributed by atoms with E-state index >= 15 is 0 Å². The topological polar surface area (TPSA) is 80.2 Å². The fourth-order valence-electron chi connectivity index (χ4n) is 1.96. The van der Waals surface area contributed by atoms with Crippen LogP contribution in [0.3, 0.4) is 0 Å². The number of aromatic amines is 1. The van der Waals surface area contributed by atoms with Crippen LogP contribution in [0.2, 0.25) is 0 Å². The van der Waals surface area contributed by atoms with Crippen LogP contribution in [0, 0.1) is 0 Å². The molecule has 2 aromatic heterocycles. The van der Waals surface area contributed by atoms with Crippen LogP contribution in [0.15, 0.2) is 41.0 Å². The summed E-state index contributed by atoms with van der Waals surface area (Å²) in [5, 5.41) is 10.4. The lowest BCUT2D eigenvalue weighted by atomic mass is 10.2. The Morgan fingerprint density at radius 2 is 2.35 bits per heavy atom. The molecule has 6 heteroatoms. The third-order valence-corrected chi connectivity index (χ3v) is 2.99. The first-order valence-electron chi connectivity index (χ1n) is 6.10. The summed E-state index contributed by atoms with van der Waals surface area (Å²) in [7, 11) is 1.59. The van der Waals surface area contributed by atoms with E-state index in [1.807, 2.05) is 0 Å². The van der Waals surface area contributed by atoms with Gasteiger partial charge in [0, 0.05) is 11.5 Å². The molecule has 0 bridgehead atoms. The molecule has 0 saturated heterocycles. The Kier molecular flexibility index (Phi) is 3.12. The number of rotatable bonds is 4. The van der Waals surface area contributed by atoms with Crippen molar-refractivity contribution in [3.8, 4) is 5.75 Å². The van der Waals surface area contributed by atoms with Gasteiger partial charge in [-0.05, 0) is 24.3 Å². The summed E-state index contributed by atoms with van der Waals surface area (Å²) >= 11 is 0. The Morgan fingerprint density at radius 3 is 3.10 bits per heavy atom. The fourth-order valence-corrected chi connectivity index (χ4v) is 1.96. The molecule has 20 heavy (non-hydrogen) atoms. The van der Waals surface area contributed by atoms with E-state index in [4.69, 9.17) is 9.15 Å². The summed E-state index contributed by atoms with van der Waals surface area (Å²) in [5.74, 6) is 1.15. The Hall–Kier alpha value is -2.76. The number of nitrogens with zero attached hydrogens (tertiary/aromatic N) is 1. The van der Waals surface area contributed by atoms with Crippen molar-refractivity contribution in [2.24, 2.45) is 0 Å². The van der Waals surface area contributed by atoms with Gasteiger partial charge in [0.2, 0.25) is 0 Å². The van der Waals surface area contributed by atoms with Crippen LogP contribution in [-0.2, 0) is 6.54 Å². The third-order valence-electron chi connectivity index (χ3n) is 2.99. The minimum atomic E-state index is -0.252. The van der Waals surface area contributed by atoms with Gasteiger partial charge in [-0.25, -0.2) is 0 Å². The average Bonchev–Trinajstić information content (AvgIpc) is 3.13. The minimum Gasteiger partial charge on any atom is -0.497 e. The molecule has 0 spiro atoms. The molecule has 0 atom stereocenters. The minimum absolute atomic E-state index is 0.252. The van der Waals surface area contributed by atoms with Gasteiger partial charge < -0.3 is 14.5 Å². The van der Waals surface area contributed by atoms with E-state index < -0.39 is 0 Å². The van der Waals surface area contributed by atoms with Gasteiger partial charge in [-0.1, -0.05) is 0 Å². The first kappa shape index (κ1) is 12.3. The SMILES string of the molecule is COc1ccc2c(C(=O)NCc3ccco3)n[nH]c2c1. The predicted molar refractivity (Wildman–Crippen MR) is 72.5 cm³/mol. The zero-order chi connectivity index (χ0) is 13.9. The van der Waals surface area contributed by atoms with Crippen LogP contribution in [0.25, 0.3) is 10.9 Å². The van der Waals surface area contributed by atoms with E-state index in [1.165, 1.54) is 0 Å². The van der Waals surface area contributed by atoms with Crippen molar-refractivity contribution >= 4 is 16.8 Å². The summed E-state index contributed by atoms with van der Waals surface area (Å²) in [5.41, 5.74) is 1.11. The number of carbonyl (C=O) groups is 1. The van der Waals surface area contributed by atoms with E-state index in [9.17, 15) is 4.79 Å².